The lowest BCUT2D eigenvalue weighted by Gasteiger charge is -2.15. The topological polar surface area (TPSA) is 0 Å². The van der Waals surface area contributed by atoms with Gasteiger partial charge in [-0.1, -0.05) is 29.8 Å². The van der Waals surface area contributed by atoms with E-state index in [9.17, 15) is 0 Å². The molecule has 1 unspecified atom stereocenters. The third-order valence-corrected chi connectivity index (χ3v) is 3.31. The highest BCUT2D eigenvalue weighted by Gasteiger charge is 2.08. The molecule has 0 aliphatic heterocycles. The van der Waals surface area contributed by atoms with Crippen molar-refractivity contribution in [1.29, 1.82) is 0 Å². The van der Waals surface area contributed by atoms with Gasteiger partial charge in [0.05, 0.1) is 0 Å². The van der Waals surface area contributed by atoms with Crippen molar-refractivity contribution in [2.24, 2.45) is 11.8 Å². The smallest absolute Gasteiger partial charge is 0.00600 e. The molecule has 0 radical (unpaired) electrons. The second-order valence-corrected chi connectivity index (χ2v) is 5.06. The van der Waals surface area contributed by atoms with Gasteiger partial charge in [-0.15, -0.1) is 0 Å². The van der Waals surface area contributed by atoms with Crippen LogP contribution < -0.4 is 0 Å². The summed E-state index contributed by atoms with van der Waals surface area (Å²) in [4.78, 5) is 0. The number of halogens is 1. The van der Waals surface area contributed by atoms with Crippen molar-refractivity contribution >= 4 is 27.7 Å². The van der Waals surface area contributed by atoms with Crippen LogP contribution in [0, 0.1) is 11.8 Å². The Labute approximate surface area is 83.6 Å². The Morgan fingerprint density at radius 1 is 1.36 bits per heavy atom. The lowest BCUT2D eigenvalue weighted by molar-refractivity contribution is 0.439. The number of alkyl halides is 1. The lowest BCUT2D eigenvalue weighted by Crippen LogP contribution is -2.07. The third kappa shape index (κ3) is 7.20. The second kappa shape index (κ2) is 7.48. The molecule has 0 aliphatic carbocycles. The summed E-state index contributed by atoms with van der Waals surface area (Å²) in [6, 6.07) is 0. The highest BCUT2D eigenvalue weighted by Crippen LogP contribution is 2.19. The van der Waals surface area contributed by atoms with Gasteiger partial charge in [0.1, 0.15) is 0 Å². The molecular formula is C9H19BrS. The summed E-state index contributed by atoms with van der Waals surface area (Å²) in [6.07, 6.45) is 4.91. The van der Waals surface area contributed by atoms with Gasteiger partial charge in [0, 0.05) is 5.33 Å². The van der Waals surface area contributed by atoms with Crippen LogP contribution in [-0.2, 0) is 0 Å². The summed E-state index contributed by atoms with van der Waals surface area (Å²) in [5, 5.41) is 1.17. The molecule has 0 rings (SSSR count). The van der Waals surface area contributed by atoms with Crippen LogP contribution >= 0.6 is 27.7 Å². The molecule has 11 heavy (non-hydrogen) atoms. The van der Waals surface area contributed by atoms with Crippen LogP contribution in [-0.4, -0.2) is 17.3 Å². The molecule has 1 atom stereocenters. The molecule has 2 heteroatoms. The van der Waals surface area contributed by atoms with E-state index in [-0.39, 0.29) is 0 Å². The molecule has 0 saturated heterocycles. The summed E-state index contributed by atoms with van der Waals surface area (Å²) in [6.45, 7) is 4.60. The summed E-state index contributed by atoms with van der Waals surface area (Å²) in [5.74, 6) is 3.05. The molecule has 0 heterocycles. The fraction of sp³-hybridized carbons (Fsp3) is 1.00. The summed E-state index contributed by atoms with van der Waals surface area (Å²) in [5.41, 5.74) is 0. The lowest BCUT2D eigenvalue weighted by atomic mass is 9.97. The molecule has 0 nitrogen and oxygen atoms in total. The van der Waals surface area contributed by atoms with Crippen LogP contribution in [0.5, 0.6) is 0 Å². The first-order valence-electron chi connectivity index (χ1n) is 4.25. The standard InChI is InChI=1S/C9H19BrS/c1-8(2)6-9(7-10)4-5-11-3/h8-9H,4-7H2,1-3H3. The van der Waals surface area contributed by atoms with Crippen molar-refractivity contribution in [3.05, 3.63) is 0 Å². The Bertz CT molecular complexity index is 83.6. The Morgan fingerprint density at radius 2 is 2.00 bits per heavy atom. The van der Waals surface area contributed by atoms with Gasteiger partial charge in [-0.25, -0.2) is 0 Å². The first kappa shape index (κ1) is 11.8. The molecule has 0 aromatic heterocycles. The van der Waals surface area contributed by atoms with Crippen molar-refractivity contribution in [1.82, 2.24) is 0 Å². The van der Waals surface area contributed by atoms with Crippen LogP contribution in [0.1, 0.15) is 26.7 Å². The molecule has 0 bridgehead atoms. The maximum Gasteiger partial charge on any atom is 0.00600 e. The zero-order valence-corrected chi connectivity index (χ0v) is 10.2. The van der Waals surface area contributed by atoms with Gasteiger partial charge in [0.25, 0.3) is 0 Å². The average molecular weight is 239 g/mol. The van der Waals surface area contributed by atoms with Gasteiger partial charge in [-0.05, 0) is 36.7 Å². The average Bonchev–Trinajstić information content (AvgIpc) is 1.97. The van der Waals surface area contributed by atoms with Crippen LogP contribution in [0.4, 0.5) is 0 Å². The Balaban J connectivity index is 3.41. The number of hydrogen-bond donors (Lipinski definition) is 0. The maximum absolute atomic E-state index is 3.57. The molecule has 0 amide bonds. The SMILES string of the molecule is CSCCC(CBr)CC(C)C. The van der Waals surface area contributed by atoms with E-state index in [0.717, 1.165) is 11.8 Å². The zero-order chi connectivity index (χ0) is 8.69. The third-order valence-electron chi connectivity index (χ3n) is 1.75. The first-order chi connectivity index (χ1) is 5.20. The van der Waals surface area contributed by atoms with E-state index >= 15 is 0 Å². The van der Waals surface area contributed by atoms with Gasteiger partial charge < -0.3 is 0 Å². The van der Waals surface area contributed by atoms with Gasteiger partial charge in [0.15, 0.2) is 0 Å². The van der Waals surface area contributed by atoms with Crippen molar-refractivity contribution in [3.8, 4) is 0 Å². The molecule has 0 fully saturated rings. The van der Waals surface area contributed by atoms with E-state index in [1.54, 1.807) is 0 Å². The summed E-state index contributed by atoms with van der Waals surface area (Å²) >= 11 is 5.52. The molecule has 0 aromatic rings. The normalized spacial score (nSPS) is 13.9. The molecule has 0 N–H and O–H groups in total. The molecule has 0 aliphatic rings. The van der Waals surface area contributed by atoms with Crippen molar-refractivity contribution in [2.75, 3.05) is 17.3 Å². The summed E-state index contributed by atoms with van der Waals surface area (Å²) in [7, 11) is 0. The van der Waals surface area contributed by atoms with Crippen molar-refractivity contribution in [2.45, 2.75) is 26.7 Å². The minimum atomic E-state index is 0.847. The van der Waals surface area contributed by atoms with E-state index < -0.39 is 0 Å². The van der Waals surface area contributed by atoms with Crippen molar-refractivity contribution in [3.63, 3.8) is 0 Å². The monoisotopic (exact) mass is 238 g/mol. The zero-order valence-electron chi connectivity index (χ0n) is 7.77. The molecule has 0 aromatic carbocycles. The van der Waals surface area contributed by atoms with Gasteiger partial charge in [-0.3, -0.25) is 0 Å². The molecular weight excluding hydrogens is 220 g/mol. The van der Waals surface area contributed by atoms with Crippen molar-refractivity contribution < 1.29 is 0 Å². The van der Waals surface area contributed by atoms with E-state index in [1.807, 2.05) is 11.8 Å². The number of thioether (sulfide) groups is 1. The Hall–Kier alpha value is 0.830. The maximum atomic E-state index is 3.57. The fourth-order valence-corrected chi connectivity index (χ4v) is 2.37. The highest BCUT2D eigenvalue weighted by molar-refractivity contribution is 9.09. The van der Waals surface area contributed by atoms with Gasteiger partial charge in [-0.2, -0.15) is 11.8 Å². The predicted octanol–water partition coefficient (Wildman–Crippen LogP) is 3.80. The largest absolute Gasteiger partial charge is 0.165 e. The minimum Gasteiger partial charge on any atom is -0.165 e. The van der Waals surface area contributed by atoms with Gasteiger partial charge in [0.2, 0.25) is 0 Å². The van der Waals surface area contributed by atoms with E-state index in [4.69, 9.17) is 0 Å². The molecule has 0 spiro atoms. The first-order valence-corrected chi connectivity index (χ1v) is 6.77. The predicted molar refractivity (Wildman–Crippen MR) is 59.7 cm³/mol. The van der Waals surface area contributed by atoms with Crippen LogP contribution in [0.15, 0.2) is 0 Å². The molecule has 68 valence electrons. The van der Waals surface area contributed by atoms with E-state index in [0.29, 0.717) is 0 Å². The quantitative estimate of drug-likeness (QED) is 0.635. The Morgan fingerprint density at radius 3 is 2.36 bits per heavy atom. The number of rotatable bonds is 6. The number of hydrogen-bond acceptors (Lipinski definition) is 1. The highest BCUT2D eigenvalue weighted by atomic mass is 79.9. The fourth-order valence-electron chi connectivity index (χ4n) is 1.21. The second-order valence-electron chi connectivity index (χ2n) is 3.43. The van der Waals surface area contributed by atoms with Crippen LogP contribution in [0.25, 0.3) is 0 Å². The minimum absolute atomic E-state index is 0.847. The van der Waals surface area contributed by atoms with Gasteiger partial charge >= 0.3 is 0 Å². The van der Waals surface area contributed by atoms with E-state index in [2.05, 4.69) is 36.0 Å². The van der Waals surface area contributed by atoms with Crippen LogP contribution in [0.2, 0.25) is 0 Å². The van der Waals surface area contributed by atoms with Crippen LogP contribution in [0.3, 0.4) is 0 Å². The molecule has 0 saturated carbocycles. The summed E-state index contributed by atoms with van der Waals surface area (Å²) < 4.78 is 0. The Kier molecular flexibility index (Phi) is 8.04. The van der Waals surface area contributed by atoms with E-state index in [1.165, 1.54) is 23.9 Å².